The van der Waals surface area contributed by atoms with E-state index in [4.69, 9.17) is 26.2 Å². The Labute approximate surface area is 201 Å². The Morgan fingerprint density at radius 1 is 1.12 bits per heavy atom. The number of carboxylic acids is 1. The molecule has 4 rings (SSSR count). The van der Waals surface area contributed by atoms with Gasteiger partial charge in [-0.3, -0.25) is 9.59 Å². The average Bonchev–Trinajstić information content (AvgIpc) is 3.27. The second kappa shape index (κ2) is 9.69. The van der Waals surface area contributed by atoms with E-state index in [0.717, 1.165) is 22.0 Å². The van der Waals surface area contributed by atoms with Crippen LogP contribution >= 0.6 is 11.6 Å². The van der Waals surface area contributed by atoms with Crippen LogP contribution in [0.15, 0.2) is 47.6 Å². The van der Waals surface area contributed by atoms with Crippen molar-refractivity contribution in [3.63, 3.8) is 0 Å². The molecular formula is C25H24ClN3O5. The molecule has 1 N–H and O–H groups in total. The molecule has 2 aromatic carbocycles. The molecule has 1 atom stereocenters. The van der Waals surface area contributed by atoms with Crippen molar-refractivity contribution in [3.8, 4) is 11.5 Å². The summed E-state index contributed by atoms with van der Waals surface area (Å²) in [4.78, 5) is 28.6. The van der Waals surface area contributed by atoms with Crippen LogP contribution in [0.25, 0.3) is 10.9 Å². The number of hydrogen-bond donors (Lipinski definition) is 1. The van der Waals surface area contributed by atoms with Gasteiger partial charge >= 0.3 is 5.97 Å². The van der Waals surface area contributed by atoms with Gasteiger partial charge in [-0.25, -0.2) is 9.99 Å². The normalized spacial score (nSPS) is 15.4. The fourth-order valence-corrected chi connectivity index (χ4v) is 4.34. The summed E-state index contributed by atoms with van der Waals surface area (Å²) < 4.78 is 10.7. The van der Waals surface area contributed by atoms with Crippen LogP contribution in [0.3, 0.4) is 0 Å². The maximum atomic E-state index is 13.0. The number of carbonyl (C=O) groups is 2. The summed E-state index contributed by atoms with van der Waals surface area (Å²) in [5.41, 5.74) is 3.85. The smallest absolute Gasteiger partial charge is 0.303 e. The Morgan fingerprint density at radius 2 is 1.88 bits per heavy atom. The lowest BCUT2D eigenvalue weighted by Crippen LogP contribution is -2.27. The van der Waals surface area contributed by atoms with Crippen LogP contribution in [-0.4, -0.2) is 46.9 Å². The van der Waals surface area contributed by atoms with Crippen LogP contribution in [0.4, 0.5) is 0 Å². The minimum atomic E-state index is -1.05. The van der Waals surface area contributed by atoms with Gasteiger partial charge in [0.05, 0.1) is 37.9 Å². The fraction of sp³-hybridized carbons (Fsp3) is 0.280. The lowest BCUT2D eigenvalue weighted by Gasteiger charge is -2.23. The molecule has 1 aliphatic rings. The van der Waals surface area contributed by atoms with Crippen LogP contribution < -0.4 is 9.47 Å². The Kier molecular flexibility index (Phi) is 6.70. The molecule has 0 spiro atoms. The number of carbonyl (C=O) groups excluding carboxylic acids is 1. The van der Waals surface area contributed by atoms with Crippen LogP contribution in [0.2, 0.25) is 5.15 Å². The number of halogens is 1. The molecule has 3 aromatic rings. The Hall–Kier alpha value is -3.65. The SMILES string of the molecule is COc1ccc(C2=NN(C(=O)CCC(=O)O)[C@@H](c3cc4cccc(C)c4nc3Cl)C2)cc1OC. The summed E-state index contributed by atoms with van der Waals surface area (Å²) in [7, 11) is 3.10. The largest absolute Gasteiger partial charge is 0.493 e. The standard InChI is InChI=1S/C25H24ClN3O5/c1-14-5-4-6-16-11-17(25(26)27-24(14)16)19-13-18(28-29(19)22(30)9-10-23(31)32)15-7-8-20(33-2)21(12-15)34-3/h4-8,11-12,19H,9-10,13H2,1-3H3,(H,31,32)/t19-/m1/s1. The minimum Gasteiger partial charge on any atom is -0.493 e. The number of hydrogen-bond acceptors (Lipinski definition) is 6. The molecule has 0 radical (unpaired) electrons. The third-order valence-electron chi connectivity index (χ3n) is 5.82. The first kappa shape index (κ1) is 23.5. The molecule has 176 valence electrons. The fourth-order valence-electron chi connectivity index (χ4n) is 4.08. The number of carboxylic acid groups (broad SMARTS) is 1. The molecular weight excluding hydrogens is 458 g/mol. The van der Waals surface area contributed by atoms with Crippen LogP contribution in [0.5, 0.6) is 11.5 Å². The Balaban J connectivity index is 1.76. The topological polar surface area (TPSA) is 101 Å². The molecule has 1 amide bonds. The molecule has 0 saturated heterocycles. The van der Waals surface area contributed by atoms with E-state index >= 15 is 0 Å². The summed E-state index contributed by atoms with van der Waals surface area (Å²) in [5, 5.41) is 16.2. The number of para-hydroxylation sites is 1. The number of fused-ring (bicyclic) bond motifs is 1. The number of aryl methyl sites for hydroxylation is 1. The highest BCUT2D eigenvalue weighted by Gasteiger charge is 2.35. The number of ether oxygens (including phenoxy) is 2. The molecule has 0 bridgehead atoms. The van der Waals surface area contributed by atoms with E-state index in [2.05, 4.69) is 10.1 Å². The van der Waals surface area contributed by atoms with Gasteiger partial charge in [-0.05, 0) is 36.8 Å². The van der Waals surface area contributed by atoms with Gasteiger partial charge in [0.2, 0.25) is 5.91 Å². The first-order valence-electron chi connectivity index (χ1n) is 10.7. The van der Waals surface area contributed by atoms with E-state index in [1.807, 2.05) is 37.3 Å². The highest BCUT2D eigenvalue weighted by Crippen LogP contribution is 2.39. The molecule has 8 nitrogen and oxygen atoms in total. The number of pyridine rings is 1. The second-order valence-electron chi connectivity index (χ2n) is 7.98. The van der Waals surface area contributed by atoms with E-state index in [1.54, 1.807) is 26.4 Å². The van der Waals surface area contributed by atoms with Gasteiger partial charge in [-0.2, -0.15) is 5.10 Å². The molecule has 34 heavy (non-hydrogen) atoms. The van der Waals surface area contributed by atoms with Crippen LogP contribution in [-0.2, 0) is 9.59 Å². The minimum absolute atomic E-state index is 0.174. The Morgan fingerprint density at radius 3 is 2.59 bits per heavy atom. The summed E-state index contributed by atoms with van der Waals surface area (Å²) >= 11 is 6.60. The maximum absolute atomic E-state index is 13.0. The highest BCUT2D eigenvalue weighted by atomic mass is 35.5. The van der Waals surface area contributed by atoms with Crippen LogP contribution in [0.1, 0.15) is 42.0 Å². The van der Waals surface area contributed by atoms with E-state index in [1.165, 1.54) is 5.01 Å². The molecule has 1 aliphatic heterocycles. The molecule has 2 heterocycles. The zero-order chi connectivity index (χ0) is 24.4. The van der Waals surface area contributed by atoms with Crippen molar-refractivity contribution in [1.29, 1.82) is 0 Å². The molecule has 0 fully saturated rings. The third kappa shape index (κ3) is 4.54. The molecule has 0 aliphatic carbocycles. The van der Waals surface area contributed by atoms with E-state index in [-0.39, 0.29) is 18.0 Å². The van der Waals surface area contributed by atoms with Gasteiger partial charge < -0.3 is 14.6 Å². The number of nitrogens with zero attached hydrogens (tertiary/aromatic N) is 3. The predicted molar refractivity (Wildman–Crippen MR) is 129 cm³/mol. The molecule has 9 heteroatoms. The summed E-state index contributed by atoms with van der Waals surface area (Å²) in [6, 6.07) is 12.6. The van der Waals surface area contributed by atoms with Crippen molar-refractivity contribution >= 4 is 40.1 Å². The van der Waals surface area contributed by atoms with Gasteiger partial charge in [0.15, 0.2) is 11.5 Å². The zero-order valence-corrected chi connectivity index (χ0v) is 19.8. The number of methoxy groups -OCH3 is 2. The first-order chi connectivity index (χ1) is 16.3. The monoisotopic (exact) mass is 481 g/mol. The van der Waals surface area contributed by atoms with Crippen molar-refractivity contribution in [2.75, 3.05) is 14.2 Å². The van der Waals surface area contributed by atoms with E-state index in [0.29, 0.717) is 29.2 Å². The zero-order valence-electron chi connectivity index (χ0n) is 19.0. The van der Waals surface area contributed by atoms with Crippen molar-refractivity contribution in [3.05, 3.63) is 64.3 Å². The highest BCUT2D eigenvalue weighted by molar-refractivity contribution is 6.30. The number of amides is 1. The van der Waals surface area contributed by atoms with Crippen molar-refractivity contribution in [2.45, 2.75) is 32.2 Å². The number of aromatic nitrogens is 1. The lowest BCUT2D eigenvalue weighted by molar-refractivity contribution is -0.141. The quantitative estimate of drug-likeness (QED) is 0.488. The van der Waals surface area contributed by atoms with Gasteiger partial charge in [0.1, 0.15) is 5.15 Å². The predicted octanol–water partition coefficient (Wildman–Crippen LogP) is 4.76. The number of rotatable bonds is 7. The van der Waals surface area contributed by atoms with Gasteiger partial charge in [0, 0.05) is 29.4 Å². The van der Waals surface area contributed by atoms with E-state index < -0.39 is 17.9 Å². The Bertz CT molecular complexity index is 1310. The molecule has 0 unspecified atom stereocenters. The maximum Gasteiger partial charge on any atom is 0.303 e. The summed E-state index contributed by atoms with van der Waals surface area (Å²) in [6.07, 6.45) is -0.0779. The lowest BCUT2D eigenvalue weighted by atomic mass is 9.97. The average molecular weight is 482 g/mol. The summed E-state index contributed by atoms with van der Waals surface area (Å²) in [6.45, 7) is 1.96. The number of aliphatic carboxylic acids is 1. The van der Waals surface area contributed by atoms with Crippen molar-refractivity contribution in [2.24, 2.45) is 5.10 Å². The second-order valence-corrected chi connectivity index (χ2v) is 8.34. The number of hydrazone groups is 1. The van der Waals surface area contributed by atoms with Crippen LogP contribution in [0, 0.1) is 6.92 Å². The third-order valence-corrected chi connectivity index (χ3v) is 6.13. The van der Waals surface area contributed by atoms with Gasteiger partial charge in [-0.15, -0.1) is 0 Å². The van der Waals surface area contributed by atoms with Gasteiger partial charge in [0.25, 0.3) is 0 Å². The summed E-state index contributed by atoms with van der Waals surface area (Å²) in [5.74, 6) is -0.332. The molecule has 0 saturated carbocycles. The van der Waals surface area contributed by atoms with Gasteiger partial charge in [-0.1, -0.05) is 29.8 Å². The number of benzene rings is 2. The van der Waals surface area contributed by atoms with Crippen molar-refractivity contribution < 1.29 is 24.2 Å². The molecule has 1 aromatic heterocycles. The van der Waals surface area contributed by atoms with E-state index in [9.17, 15) is 9.59 Å². The first-order valence-corrected chi connectivity index (χ1v) is 11.1. The van der Waals surface area contributed by atoms with Crippen molar-refractivity contribution in [1.82, 2.24) is 9.99 Å².